The topological polar surface area (TPSA) is 38.0 Å². The summed E-state index contributed by atoms with van der Waals surface area (Å²) < 4.78 is 2.94. The molecule has 0 saturated carbocycles. The summed E-state index contributed by atoms with van der Waals surface area (Å²) in [5.74, 6) is 1.20. The average Bonchev–Trinajstić information content (AvgIpc) is 2.93. The first-order chi connectivity index (χ1) is 8.28. The van der Waals surface area contributed by atoms with Gasteiger partial charge in [-0.15, -0.1) is 11.3 Å². The summed E-state index contributed by atoms with van der Waals surface area (Å²) in [5.41, 5.74) is 0.970. The summed E-state index contributed by atoms with van der Waals surface area (Å²) in [6.45, 7) is 1.18. The standard InChI is InChI=1S/C12H13ClN2OS/c13-11-4-3-10(17-11)9-6-15-5-1-2-8(7-16)12(15)14-9/h3-4,6,8,16H,1-2,5,7H2. The third-order valence-electron chi connectivity index (χ3n) is 3.17. The Morgan fingerprint density at radius 3 is 3.12 bits per heavy atom. The molecule has 1 aliphatic heterocycles. The monoisotopic (exact) mass is 268 g/mol. The van der Waals surface area contributed by atoms with Gasteiger partial charge in [-0.2, -0.15) is 0 Å². The summed E-state index contributed by atoms with van der Waals surface area (Å²) in [6.07, 6.45) is 4.21. The van der Waals surface area contributed by atoms with Gasteiger partial charge in [0, 0.05) is 18.7 Å². The largest absolute Gasteiger partial charge is 0.396 e. The molecule has 0 amide bonds. The van der Waals surface area contributed by atoms with Gasteiger partial charge in [-0.1, -0.05) is 11.6 Å². The van der Waals surface area contributed by atoms with Crippen molar-refractivity contribution < 1.29 is 5.11 Å². The van der Waals surface area contributed by atoms with Gasteiger partial charge in [-0.25, -0.2) is 4.98 Å². The van der Waals surface area contributed by atoms with Crippen molar-refractivity contribution in [2.24, 2.45) is 0 Å². The molecule has 1 unspecified atom stereocenters. The number of aryl methyl sites for hydroxylation is 1. The Labute approximate surface area is 109 Å². The van der Waals surface area contributed by atoms with Crippen molar-refractivity contribution in [2.75, 3.05) is 6.61 Å². The lowest BCUT2D eigenvalue weighted by atomic mass is 10.0. The van der Waals surface area contributed by atoms with Crippen LogP contribution >= 0.6 is 22.9 Å². The second kappa shape index (κ2) is 4.44. The lowest BCUT2D eigenvalue weighted by Crippen LogP contribution is -2.18. The van der Waals surface area contributed by atoms with E-state index in [4.69, 9.17) is 11.6 Å². The van der Waals surface area contributed by atoms with Crippen molar-refractivity contribution in [1.29, 1.82) is 0 Å². The smallest absolute Gasteiger partial charge is 0.114 e. The van der Waals surface area contributed by atoms with E-state index in [9.17, 15) is 5.11 Å². The Kier molecular flexibility index (Phi) is 2.94. The minimum Gasteiger partial charge on any atom is -0.396 e. The first kappa shape index (κ1) is 11.3. The van der Waals surface area contributed by atoms with Gasteiger partial charge in [0.15, 0.2) is 0 Å². The molecule has 2 aromatic rings. The first-order valence-corrected chi connectivity index (χ1v) is 6.91. The van der Waals surface area contributed by atoms with E-state index in [0.29, 0.717) is 0 Å². The van der Waals surface area contributed by atoms with Crippen LogP contribution in [-0.4, -0.2) is 21.3 Å². The molecule has 0 aliphatic carbocycles. The summed E-state index contributed by atoms with van der Waals surface area (Å²) in [5, 5.41) is 9.35. The van der Waals surface area contributed by atoms with Crippen LogP contribution in [0.2, 0.25) is 4.34 Å². The molecule has 90 valence electrons. The van der Waals surface area contributed by atoms with E-state index in [1.807, 2.05) is 12.1 Å². The van der Waals surface area contributed by atoms with Crippen LogP contribution in [0.5, 0.6) is 0 Å². The lowest BCUT2D eigenvalue weighted by molar-refractivity contribution is 0.238. The van der Waals surface area contributed by atoms with Crippen molar-refractivity contribution in [2.45, 2.75) is 25.3 Å². The fourth-order valence-corrected chi connectivity index (χ4v) is 3.31. The molecule has 1 aliphatic rings. The van der Waals surface area contributed by atoms with E-state index in [-0.39, 0.29) is 12.5 Å². The number of halogens is 1. The first-order valence-electron chi connectivity index (χ1n) is 5.71. The second-order valence-electron chi connectivity index (χ2n) is 4.30. The number of aliphatic hydroxyl groups excluding tert-OH is 1. The van der Waals surface area contributed by atoms with Gasteiger partial charge in [-0.3, -0.25) is 0 Å². The molecule has 3 nitrogen and oxygen atoms in total. The highest BCUT2D eigenvalue weighted by atomic mass is 35.5. The molecule has 0 spiro atoms. The predicted molar refractivity (Wildman–Crippen MR) is 69.6 cm³/mol. The third kappa shape index (κ3) is 2.01. The third-order valence-corrected chi connectivity index (χ3v) is 4.42. The van der Waals surface area contributed by atoms with Crippen LogP contribution in [0.25, 0.3) is 10.6 Å². The zero-order chi connectivity index (χ0) is 11.8. The van der Waals surface area contributed by atoms with E-state index in [0.717, 1.165) is 40.1 Å². The maximum Gasteiger partial charge on any atom is 0.114 e. The molecule has 0 aromatic carbocycles. The molecule has 17 heavy (non-hydrogen) atoms. The molecule has 0 saturated heterocycles. The molecule has 1 atom stereocenters. The number of fused-ring (bicyclic) bond motifs is 1. The lowest BCUT2D eigenvalue weighted by Gasteiger charge is -2.21. The van der Waals surface area contributed by atoms with Gasteiger partial charge < -0.3 is 9.67 Å². The molecule has 1 N–H and O–H groups in total. The van der Waals surface area contributed by atoms with Crippen molar-refractivity contribution in [3.05, 3.63) is 28.5 Å². The summed E-state index contributed by atoms with van der Waals surface area (Å²) in [6, 6.07) is 3.89. The number of thiophene rings is 1. The second-order valence-corrected chi connectivity index (χ2v) is 6.02. The highest BCUT2D eigenvalue weighted by Gasteiger charge is 2.22. The maximum absolute atomic E-state index is 9.35. The molecular formula is C12H13ClN2OS. The molecule has 3 heterocycles. The predicted octanol–water partition coefficient (Wildman–Crippen LogP) is 3.13. The number of imidazole rings is 1. The van der Waals surface area contributed by atoms with Crippen molar-refractivity contribution >= 4 is 22.9 Å². The average molecular weight is 269 g/mol. The van der Waals surface area contributed by atoms with Crippen LogP contribution in [0.3, 0.4) is 0 Å². The highest BCUT2D eigenvalue weighted by molar-refractivity contribution is 7.19. The number of hydrogen-bond acceptors (Lipinski definition) is 3. The zero-order valence-electron chi connectivity index (χ0n) is 9.27. The summed E-state index contributed by atoms with van der Waals surface area (Å²) in [7, 11) is 0. The van der Waals surface area contributed by atoms with Crippen LogP contribution in [0.15, 0.2) is 18.3 Å². The van der Waals surface area contributed by atoms with Gasteiger partial charge in [0.2, 0.25) is 0 Å². The number of rotatable bonds is 2. The Bertz CT molecular complexity index is 534. The van der Waals surface area contributed by atoms with E-state index >= 15 is 0 Å². The van der Waals surface area contributed by atoms with Crippen LogP contribution in [0, 0.1) is 0 Å². The van der Waals surface area contributed by atoms with Gasteiger partial charge in [0.05, 0.1) is 21.5 Å². The number of nitrogens with zero attached hydrogens (tertiary/aromatic N) is 2. The summed E-state index contributed by atoms with van der Waals surface area (Å²) >= 11 is 7.48. The quantitative estimate of drug-likeness (QED) is 0.909. The normalized spacial score (nSPS) is 19.3. The number of aromatic nitrogens is 2. The minimum atomic E-state index is 0.182. The number of hydrogen-bond donors (Lipinski definition) is 1. The summed E-state index contributed by atoms with van der Waals surface area (Å²) in [4.78, 5) is 5.73. The van der Waals surface area contributed by atoms with Gasteiger partial charge in [-0.05, 0) is 25.0 Å². The molecule has 3 rings (SSSR count). The van der Waals surface area contributed by atoms with Crippen LogP contribution in [0.4, 0.5) is 0 Å². The fraction of sp³-hybridized carbons (Fsp3) is 0.417. The molecule has 0 radical (unpaired) electrons. The van der Waals surface area contributed by atoms with E-state index in [1.165, 1.54) is 0 Å². The van der Waals surface area contributed by atoms with Crippen LogP contribution in [-0.2, 0) is 6.54 Å². The van der Waals surface area contributed by atoms with Gasteiger partial charge in [0.1, 0.15) is 5.82 Å². The van der Waals surface area contributed by atoms with E-state index < -0.39 is 0 Å². The molecule has 0 fully saturated rings. The minimum absolute atomic E-state index is 0.182. The van der Waals surface area contributed by atoms with Crippen molar-refractivity contribution in [1.82, 2.24) is 9.55 Å². The highest BCUT2D eigenvalue weighted by Crippen LogP contribution is 2.33. The van der Waals surface area contributed by atoms with Crippen molar-refractivity contribution in [3.63, 3.8) is 0 Å². The zero-order valence-corrected chi connectivity index (χ0v) is 10.8. The fourth-order valence-electron chi connectivity index (χ4n) is 2.32. The number of aliphatic hydroxyl groups is 1. The Hall–Kier alpha value is -0.840. The van der Waals surface area contributed by atoms with Gasteiger partial charge in [0.25, 0.3) is 0 Å². The van der Waals surface area contributed by atoms with Crippen LogP contribution < -0.4 is 0 Å². The Morgan fingerprint density at radius 2 is 2.41 bits per heavy atom. The molecule has 2 aromatic heterocycles. The van der Waals surface area contributed by atoms with E-state index in [2.05, 4.69) is 15.7 Å². The van der Waals surface area contributed by atoms with Crippen molar-refractivity contribution in [3.8, 4) is 10.6 Å². The Balaban J connectivity index is 2.01. The molecule has 0 bridgehead atoms. The Morgan fingerprint density at radius 1 is 1.53 bits per heavy atom. The molecular weight excluding hydrogens is 256 g/mol. The van der Waals surface area contributed by atoms with Crippen LogP contribution in [0.1, 0.15) is 24.6 Å². The molecule has 5 heteroatoms. The maximum atomic E-state index is 9.35. The SMILES string of the molecule is OCC1CCCn2cc(-c3ccc(Cl)s3)nc21. The van der Waals surface area contributed by atoms with E-state index in [1.54, 1.807) is 11.3 Å². The van der Waals surface area contributed by atoms with Gasteiger partial charge >= 0.3 is 0 Å².